The highest BCUT2D eigenvalue weighted by Gasteiger charge is 2.40. The topological polar surface area (TPSA) is 183 Å². The summed E-state index contributed by atoms with van der Waals surface area (Å²) < 4.78 is 1.96. The number of benzene rings is 2. The van der Waals surface area contributed by atoms with Crippen molar-refractivity contribution in [2.45, 2.75) is 50.7 Å². The van der Waals surface area contributed by atoms with Crippen molar-refractivity contribution in [2.75, 3.05) is 31.1 Å². The Bertz CT molecular complexity index is 1670. The lowest BCUT2D eigenvalue weighted by molar-refractivity contribution is -0.125. The van der Waals surface area contributed by atoms with Crippen molar-refractivity contribution >= 4 is 52.0 Å². The van der Waals surface area contributed by atoms with Gasteiger partial charge in [-0.1, -0.05) is 42.3 Å². The average Bonchev–Trinajstić information content (AvgIpc) is 3.40. The second-order valence-electron chi connectivity index (χ2n) is 11.2. The number of halogens is 2. The van der Waals surface area contributed by atoms with Crippen LogP contribution in [0.4, 0.5) is 5.82 Å². The summed E-state index contributed by atoms with van der Waals surface area (Å²) in [6.45, 7) is 4.62. The van der Waals surface area contributed by atoms with E-state index in [9.17, 15) is 9.59 Å². The van der Waals surface area contributed by atoms with Crippen LogP contribution in [-0.4, -0.2) is 69.1 Å². The summed E-state index contributed by atoms with van der Waals surface area (Å²) in [6.07, 6.45) is 2.17. The molecule has 1 unspecified atom stereocenters. The van der Waals surface area contributed by atoms with Crippen LogP contribution in [0.1, 0.15) is 38.4 Å². The van der Waals surface area contributed by atoms with Crippen LogP contribution >= 0.6 is 23.2 Å². The zero-order valence-electron chi connectivity index (χ0n) is 25.1. The van der Waals surface area contributed by atoms with E-state index < -0.39 is 17.5 Å². The minimum atomic E-state index is -0.779. The lowest BCUT2D eigenvalue weighted by Crippen LogP contribution is -2.61. The highest BCUT2D eigenvalue weighted by molar-refractivity contribution is 6.33. The molecule has 45 heavy (non-hydrogen) atoms. The number of fused-ring (bicyclic) bond motifs is 1. The number of likely N-dealkylation sites (N-methyl/N-ethyl adjacent to an activating group) is 1. The normalized spacial score (nSPS) is 15.3. The molecule has 0 bridgehead atoms. The van der Waals surface area contributed by atoms with Gasteiger partial charge in [0.15, 0.2) is 17.0 Å². The molecule has 0 spiro atoms. The SMILES string of the molecule is CCNC1(C(N)=O)CCN(c2nc(CNCCCC(N)C(N)=O)nc3c2nc(-c2ccccc2Cl)n3-c2ccc(Cl)cc2)CC1. The predicted octanol–water partition coefficient (Wildman–Crippen LogP) is 2.91. The molecule has 238 valence electrons. The lowest BCUT2D eigenvalue weighted by atomic mass is 9.86. The highest BCUT2D eigenvalue weighted by Crippen LogP contribution is 2.36. The molecule has 3 heterocycles. The number of aromatic nitrogens is 4. The quantitative estimate of drug-likeness (QED) is 0.136. The maximum absolute atomic E-state index is 12.5. The van der Waals surface area contributed by atoms with Crippen LogP contribution in [0.25, 0.3) is 28.2 Å². The average molecular weight is 654 g/mol. The Morgan fingerprint density at radius 3 is 2.38 bits per heavy atom. The number of piperidine rings is 1. The third-order valence-corrected chi connectivity index (χ3v) is 8.74. The minimum Gasteiger partial charge on any atom is -0.368 e. The molecule has 14 heteroatoms. The number of primary amides is 2. The zero-order chi connectivity index (χ0) is 32.1. The number of imidazole rings is 1. The lowest BCUT2D eigenvalue weighted by Gasteiger charge is -2.40. The van der Waals surface area contributed by atoms with Crippen LogP contribution in [-0.2, 0) is 16.1 Å². The molecule has 2 aromatic carbocycles. The maximum Gasteiger partial charge on any atom is 0.237 e. The largest absolute Gasteiger partial charge is 0.368 e. The first-order valence-corrected chi connectivity index (χ1v) is 15.7. The van der Waals surface area contributed by atoms with Crippen molar-refractivity contribution in [1.29, 1.82) is 0 Å². The van der Waals surface area contributed by atoms with E-state index in [1.54, 1.807) is 0 Å². The fourth-order valence-corrected chi connectivity index (χ4v) is 6.03. The number of hydrogen-bond donors (Lipinski definition) is 5. The number of carbonyl (C=O) groups excluding carboxylic acids is 2. The molecule has 1 saturated heterocycles. The molecule has 5 rings (SSSR count). The van der Waals surface area contributed by atoms with E-state index in [4.69, 9.17) is 55.4 Å². The molecule has 2 aromatic heterocycles. The molecule has 1 atom stereocenters. The van der Waals surface area contributed by atoms with E-state index in [1.807, 2.05) is 60.0 Å². The van der Waals surface area contributed by atoms with Gasteiger partial charge >= 0.3 is 0 Å². The van der Waals surface area contributed by atoms with Crippen molar-refractivity contribution in [1.82, 2.24) is 30.2 Å². The van der Waals surface area contributed by atoms with E-state index >= 15 is 0 Å². The Labute approximate surface area is 271 Å². The number of nitrogens with one attached hydrogen (secondary N) is 2. The summed E-state index contributed by atoms with van der Waals surface area (Å²) in [5.74, 6) is 0.939. The minimum absolute atomic E-state index is 0.356. The van der Waals surface area contributed by atoms with Gasteiger partial charge in [-0.15, -0.1) is 0 Å². The smallest absolute Gasteiger partial charge is 0.237 e. The first-order valence-electron chi connectivity index (χ1n) is 15.0. The van der Waals surface area contributed by atoms with Gasteiger partial charge in [-0.3, -0.25) is 14.2 Å². The summed E-state index contributed by atoms with van der Waals surface area (Å²) >= 11 is 13.0. The molecule has 0 saturated carbocycles. The van der Waals surface area contributed by atoms with Crippen molar-refractivity contribution in [3.05, 3.63) is 64.4 Å². The van der Waals surface area contributed by atoms with Gasteiger partial charge in [0.2, 0.25) is 11.8 Å². The first kappa shape index (κ1) is 32.6. The molecule has 2 amide bonds. The van der Waals surface area contributed by atoms with Crippen molar-refractivity contribution in [2.24, 2.45) is 17.2 Å². The second kappa shape index (κ2) is 14.1. The molecular formula is C31H38Cl2N10O2. The van der Waals surface area contributed by atoms with Crippen LogP contribution in [0, 0.1) is 0 Å². The molecule has 1 aliphatic heterocycles. The Kier molecular flexibility index (Phi) is 10.2. The standard InChI is InChI=1S/C31H38Cl2N10O2/c1-2-38-31(30(36)45)13-16-42(17-14-31)28-25-29(40-24(39-28)18-37-15-5-8-23(34)26(35)44)43(20-11-9-19(32)10-12-20)27(41-25)21-6-3-4-7-22(21)33/h3-4,6-7,9-12,23,37-38H,2,5,8,13-18,34H2,1H3,(H2,35,44)(H2,36,45). The number of nitrogens with two attached hydrogens (primary N) is 3. The fraction of sp³-hybridized carbons (Fsp3) is 0.387. The zero-order valence-corrected chi connectivity index (χ0v) is 26.6. The first-order chi connectivity index (χ1) is 21.6. The van der Waals surface area contributed by atoms with Crippen LogP contribution in [0.15, 0.2) is 48.5 Å². The summed E-state index contributed by atoms with van der Waals surface area (Å²) in [5.41, 5.74) is 18.9. The van der Waals surface area contributed by atoms with Gasteiger partial charge in [0.1, 0.15) is 17.2 Å². The van der Waals surface area contributed by atoms with Crippen LogP contribution in [0.2, 0.25) is 10.0 Å². The number of anilines is 1. The number of rotatable bonds is 13. The van der Waals surface area contributed by atoms with Crippen LogP contribution in [0.5, 0.6) is 0 Å². The molecular weight excluding hydrogens is 615 g/mol. The summed E-state index contributed by atoms with van der Waals surface area (Å²) in [6, 6.07) is 14.3. The van der Waals surface area contributed by atoms with Gasteiger partial charge in [0, 0.05) is 29.4 Å². The molecule has 1 fully saturated rings. The van der Waals surface area contributed by atoms with Crippen LogP contribution < -0.4 is 32.7 Å². The fourth-order valence-electron chi connectivity index (χ4n) is 5.68. The second-order valence-corrected chi connectivity index (χ2v) is 12.0. The molecule has 12 nitrogen and oxygen atoms in total. The maximum atomic E-state index is 12.5. The van der Waals surface area contributed by atoms with Gasteiger partial charge in [0.25, 0.3) is 0 Å². The molecule has 0 aliphatic carbocycles. The van der Waals surface area contributed by atoms with Crippen molar-refractivity contribution in [3.8, 4) is 17.1 Å². The number of carbonyl (C=O) groups is 2. The van der Waals surface area contributed by atoms with Gasteiger partial charge in [-0.25, -0.2) is 15.0 Å². The van der Waals surface area contributed by atoms with E-state index in [0.29, 0.717) is 97.1 Å². The van der Waals surface area contributed by atoms with E-state index in [1.165, 1.54) is 0 Å². The van der Waals surface area contributed by atoms with E-state index in [2.05, 4.69) is 15.5 Å². The van der Waals surface area contributed by atoms with Crippen molar-refractivity contribution in [3.63, 3.8) is 0 Å². The monoisotopic (exact) mass is 652 g/mol. The van der Waals surface area contributed by atoms with Crippen LogP contribution in [0.3, 0.4) is 0 Å². The summed E-state index contributed by atoms with van der Waals surface area (Å²) in [4.78, 5) is 41.0. The number of nitrogens with zero attached hydrogens (tertiary/aromatic N) is 5. The summed E-state index contributed by atoms with van der Waals surface area (Å²) in [7, 11) is 0. The number of hydrogen-bond acceptors (Lipinski definition) is 9. The Balaban J connectivity index is 1.59. The van der Waals surface area contributed by atoms with E-state index in [-0.39, 0.29) is 5.91 Å². The molecule has 0 radical (unpaired) electrons. The summed E-state index contributed by atoms with van der Waals surface area (Å²) in [5, 5.41) is 7.82. The van der Waals surface area contributed by atoms with Gasteiger partial charge in [-0.2, -0.15) is 0 Å². The molecule has 8 N–H and O–H groups in total. The van der Waals surface area contributed by atoms with Gasteiger partial charge in [-0.05, 0) is 75.2 Å². The van der Waals surface area contributed by atoms with Gasteiger partial charge < -0.3 is 32.7 Å². The number of amides is 2. The highest BCUT2D eigenvalue weighted by atomic mass is 35.5. The molecule has 4 aromatic rings. The Hall–Kier alpha value is -3.81. The third kappa shape index (κ3) is 7.05. The predicted molar refractivity (Wildman–Crippen MR) is 177 cm³/mol. The Morgan fingerprint density at radius 1 is 1.02 bits per heavy atom. The molecule has 1 aliphatic rings. The van der Waals surface area contributed by atoms with E-state index in [0.717, 1.165) is 11.3 Å². The van der Waals surface area contributed by atoms with Crippen molar-refractivity contribution < 1.29 is 9.59 Å². The Morgan fingerprint density at radius 2 is 1.73 bits per heavy atom. The third-order valence-electron chi connectivity index (χ3n) is 8.16. The van der Waals surface area contributed by atoms with Gasteiger partial charge in [0.05, 0.1) is 17.6 Å².